The van der Waals surface area contributed by atoms with Crippen LogP contribution in [-0.2, 0) is 0 Å². The third-order valence-electron chi connectivity index (χ3n) is 4.36. The number of nitrogens with zero attached hydrogens (tertiary/aromatic N) is 1. The lowest BCUT2D eigenvalue weighted by atomic mass is 10.1. The highest BCUT2D eigenvalue weighted by Gasteiger charge is 2.13. The van der Waals surface area contributed by atoms with Gasteiger partial charge in [0.05, 0.1) is 16.7 Å². The third kappa shape index (κ3) is 4.00. The first-order chi connectivity index (χ1) is 13.7. The van der Waals surface area contributed by atoms with Crippen LogP contribution in [0.5, 0.6) is 0 Å². The van der Waals surface area contributed by atoms with Crippen LogP contribution in [0, 0.1) is 0 Å². The largest absolute Gasteiger partial charge is 0.337 e. The Labute approximate surface area is 167 Å². The SMILES string of the molecule is CSc1ccc(C=C(NC(=O)c2ccccc2)c2nc3ccccc3[nH]2)cc1. The number of carbonyl (C=O) groups is 1. The van der Waals surface area contributed by atoms with Gasteiger partial charge in [0.2, 0.25) is 0 Å². The van der Waals surface area contributed by atoms with Crippen molar-refractivity contribution >= 4 is 40.5 Å². The van der Waals surface area contributed by atoms with Crippen LogP contribution in [0.4, 0.5) is 0 Å². The van der Waals surface area contributed by atoms with Gasteiger partial charge in [0, 0.05) is 10.5 Å². The second-order valence-electron chi connectivity index (χ2n) is 6.25. The molecule has 0 unspecified atom stereocenters. The van der Waals surface area contributed by atoms with Crippen LogP contribution >= 0.6 is 11.8 Å². The quantitative estimate of drug-likeness (QED) is 0.464. The van der Waals surface area contributed by atoms with E-state index in [0.29, 0.717) is 17.1 Å². The molecule has 1 aromatic heterocycles. The Bertz CT molecular complexity index is 1100. The lowest BCUT2D eigenvalue weighted by molar-refractivity contribution is 0.0973. The molecule has 0 aliphatic carbocycles. The molecular weight excluding hydrogens is 366 g/mol. The average molecular weight is 385 g/mol. The fourth-order valence-corrected chi connectivity index (χ4v) is 3.30. The molecule has 0 aliphatic heterocycles. The highest BCUT2D eigenvalue weighted by Crippen LogP contribution is 2.20. The third-order valence-corrected chi connectivity index (χ3v) is 5.10. The molecule has 0 bridgehead atoms. The first-order valence-corrected chi connectivity index (χ1v) is 10.1. The van der Waals surface area contributed by atoms with E-state index in [4.69, 9.17) is 0 Å². The summed E-state index contributed by atoms with van der Waals surface area (Å²) in [6.45, 7) is 0. The van der Waals surface area contributed by atoms with Crippen LogP contribution < -0.4 is 5.32 Å². The van der Waals surface area contributed by atoms with Gasteiger partial charge in [-0.2, -0.15) is 0 Å². The summed E-state index contributed by atoms with van der Waals surface area (Å²) >= 11 is 1.69. The smallest absolute Gasteiger partial charge is 0.255 e. The number of amides is 1. The number of thioether (sulfide) groups is 1. The molecule has 0 saturated carbocycles. The van der Waals surface area contributed by atoms with Gasteiger partial charge in [-0.3, -0.25) is 4.79 Å². The lowest BCUT2D eigenvalue weighted by Gasteiger charge is -2.08. The Morgan fingerprint density at radius 2 is 1.68 bits per heavy atom. The van der Waals surface area contributed by atoms with Crippen molar-refractivity contribution in [3.63, 3.8) is 0 Å². The van der Waals surface area contributed by atoms with E-state index in [9.17, 15) is 4.79 Å². The summed E-state index contributed by atoms with van der Waals surface area (Å²) in [5.41, 5.74) is 4.00. The molecule has 5 heteroatoms. The van der Waals surface area contributed by atoms with Crippen molar-refractivity contribution in [2.24, 2.45) is 0 Å². The van der Waals surface area contributed by atoms with Gasteiger partial charge in [0.25, 0.3) is 5.91 Å². The molecule has 4 nitrogen and oxygen atoms in total. The van der Waals surface area contributed by atoms with Gasteiger partial charge in [0.1, 0.15) is 0 Å². The first-order valence-electron chi connectivity index (χ1n) is 8.90. The second kappa shape index (κ2) is 8.15. The van der Waals surface area contributed by atoms with E-state index in [1.165, 1.54) is 4.90 Å². The zero-order chi connectivity index (χ0) is 19.3. The molecule has 0 fully saturated rings. The monoisotopic (exact) mass is 385 g/mol. The summed E-state index contributed by atoms with van der Waals surface area (Å²) < 4.78 is 0. The van der Waals surface area contributed by atoms with E-state index in [1.807, 2.05) is 66.9 Å². The zero-order valence-electron chi connectivity index (χ0n) is 15.3. The van der Waals surface area contributed by atoms with Gasteiger partial charge in [0.15, 0.2) is 5.82 Å². The van der Waals surface area contributed by atoms with Gasteiger partial charge in [-0.05, 0) is 54.3 Å². The summed E-state index contributed by atoms with van der Waals surface area (Å²) in [5.74, 6) is 0.451. The summed E-state index contributed by atoms with van der Waals surface area (Å²) in [4.78, 5) is 21.9. The number of hydrogen-bond acceptors (Lipinski definition) is 3. The van der Waals surface area contributed by atoms with Crippen LogP contribution in [0.2, 0.25) is 0 Å². The maximum atomic E-state index is 12.7. The number of hydrogen-bond donors (Lipinski definition) is 2. The van der Waals surface area contributed by atoms with Crippen molar-refractivity contribution < 1.29 is 4.79 Å². The minimum Gasteiger partial charge on any atom is -0.337 e. The van der Waals surface area contributed by atoms with E-state index in [1.54, 1.807) is 23.9 Å². The Morgan fingerprint density at radius 1 is 0.964 bits per heavy atom. The van der Waals surface area contributed by atoms with Crippen molar-refractivity contribution in [3.8, 4) is 0 Å². The topological polar surface area (TPSA) is 57.8 Å². The molecule has 138 valence electrons. The molecule has 0 saturated heterocycles. The van der Waals surface area contributed by atoms with Crippen molar-refractivity contribution in [1.29, 1.82) is 0 Å². The minimum absolute atomic E-state index is 0.173. The average Bonchev–Trinajstić information content (AvgIpc) is 3.18. The number of imidazole rings is 1. The van der Waals surface area contributed by atoms with E-state index < -0.39 is 0 Å². The number of aromatic amines is 1. The summed E-state index contributed by atoms with van der Waals surface area (Å²) in [7, 11) is 0. The molecule has 1 heterocycles. The van der Waals surface area contributed by atoms with Crippen molar-refractivity contribution in [2.75, 3.05) is 6.26 Å². The van der Waals surface area contributed by atoms with Gasteiger partial charge in [-0.25, -0.2) is 4.98 Å². The molecule has 3 aromatic carbocycles. The number of benzene rings is 3. The molecule has 0 atom stereocenters. The van der Waals surface area contributed by atoms with Crippen LogP contribution in [0.15, 0.2) is 83.8 Å². The van der Waals surface area contributed by atoms with E-state index in [2.05, 4.69) is 27.4 Å². The summed E-state index contributed by atoms with van der Waals surface area (Å²) in [5, 5.41) is 3.01. The van der Waals surface area contributed by atoms with Gasteiger partial charge >= 0.3 is 0 Å². The van der Waals surface area contributed by atoms with Gasteiger partial charge < -0.3 is 10.3 Å². The Hall–Kier alpha value is -3.31. The van der Waals surface area contributed by atoms with E-state index >= 15 is 0 Å². The van der Waals surface area contributed by atoms with Crippen LogP contribution in [0.1, 0.15) is 21.7 Å². The molecule has 4 rings (SSSR count). The first kappa shape index (κ1) is 18.1. The molecule has 0 aliphatic rings. The van der Waals surface area contributed by atoms with E-state index in [-0.39, 0.29) is 5.91 Å². The highest BCUT2D eigenvalue weighted by molar-refractivity contribution is 7.98. The maximum absolute atomic E-state index is 12.7. The number of aromatic nitrogens is 2. The maximum Gasteiger partial charge on any atom is 0.255 e. The minimum atomic E-state index is -0.173. The fourth-order valence-electron chi connectivity index (χ4n) is 2.89. The molecular formula is C23H19N3OS. The second-order valence-corrected chi connectivity index (χ2v) is 7.13. The Balaban J connectivity index is 1.73. The molecule has 1 amide bonds. The Kier molecular flexibility index (Phi) is 5.26. The normalized spacial score (nSPS) is 11.5. The lowest BCUT2D eigenvalue weighted by Crippen LogP contribution is -2.22. The number of para-hydroxylation sites is 2. The number of H-pyrrole nitrogens is 1. The molecule has 28 heavy (non-hydrogen) atoms. The van der Waals surface area contributed by atoms with Crippen LogP contribution in [0.3, 0.4) is 0 Å². The molecule has 4 aromatic rings. The fraction of sp³-hybridized carbons (Fsp3) is 0.0435. The number of carbonyl (C=O) groups excluding carboxylic acids is 1. The summed E-state index contributed by atoms with van der Waals surface area (Å²) in [6.07, 6.45) is 3.98. The van der Waals surface area contributed by atoms with Gasteiger partial charge in [-0.15, -0.1) is 11.8 Å². The van der Waals surface area contributed by atoms with Crippen molar-refractivity contribution in [3.05, 3.63) is 95.8 Å². The van der Waals surface area contributed by atoms with E-state index in [0.717, 1.165) is 16.6 Å². The van der Waals surface area contributed by atoms with Crippen molar-refractivity contribution in [2.45, 2.75) is 4.90 Å². The molecule has 0 radical (unpaired) electrons. The predicted molar refractivity (Wildman–Crippen MR) is 116 cm³/mol. The van der Waals surface area contributed by atoms with Crippen molar-refractivity contribution in [1.82, 2.24) is 15.3 Å². The number of fused-ring (bicyclic) bond motifs is 1. The molecule has 2 N–H and O–H groups in total. The standard InChI is InChI=1S/C23H19N3OS/c1-28-18-13-11-16(12-14-18)15-21(26-23(27)17-7-3-2-4-8-17)22-24-19-9-5-6-10-20(19)25-22/h2-15H,1H3,(H,24,25)(H,26,27). The number of nitrogens with one attached hydrogen (secondary N) is 2. The summed E-state index contributed by atoms with van der Waals surface area (Å²) in [6, 6.07) is 25.2. The zero-order valence-corrected chi connectivity index (χ0v) is 16.2. The van der Waals surface area contributed by atoms with Crippen LogP contribution in [-0.4, -0.2) is 22.1 Å². The van der Waals surface area contributed by atoms with Gasteiger partial charge in [-0.1, -0.05) is 42.5 Å². The predicted octanol–water partition coefficient (Wildman–Crippen LogP) is 5.21. The molecule has 0 spiro atoms. The number of rotatable bonds is 5. The van der Waals surface area contributed by atoms with Crippen LogP contribution in [0.25, 0.3) is 22.8 Å². The Morgan fingerprint density at radius 3 is 2.39 bits per heavy atom. The highest BCUT2D eigenvalue weighted by atomic mass is 32.2.